The molecule has 2 unspecified atom stereocenters. The van der Waals surface area contributed by atoms with Crippen LogP contribution in [-0.4, -0.2) is 29.3 Å². The van der Waals surface area contributed by atoms with Gasteiger partial charge in [0.05, 0.1) is 0 Å². The number of hydrogen-bond acceptors (Lipinski definition) is 5. The summed E-state index contributed by atoms with van der Waals surface area (Å²) in [6.45, 7) is 14.3. The fraction of sp³-hybridized carbons (Fsp3) is 0.867. The molecular weight excluding hydrogens is 254 g/mol. The zero-order valence-electron chi connectivity index (χ0n) is 13.7. The first-order chi connectivity index (χ1) is 9.38. The minimum atomic E-state index is -0.135. The summed E-state index contributed by atoms with van der Waals surface area (Å²) in [7, 11) is 0. The molecule has 116 valence electrons. The monoisotopic (exact) mass is 283 g/mol. The number of rotatable bonds is 8. The Balaban J connectivity index is 2.69. The van der Waals surface area contributed by atoms with Crippen LogP contribution in [0.1, 0.15) is 65.8 Å². The van der Waals surface area contributed by atoms with Gasteiger partial charge in [0.1, 0.15) is 6.10 Å². The maximum Gasteiger partial charge on any atom is 0.228 e. The van der Waals surface area contributed by atoms with Gasteiger partial charge in [0, 0.05) is 19.1 Å². The molecular formula is C15H29N3O2. The van der Waals surface area contributed by atoms with Crippen LogP contribution in [0.25, 0.3) is 0 Å². The van der Waals surface area contributed by atoms with E-state index in [1.807, 2.05) is 6.92 Å². The maximum atomic E-state index is 5.78. The van der Waals surface area contributed by atoms with Crippen LogP contribution in [0.4, 0.5) is 0 Å². The lowest BCUT2D eigenvalue weighted by molar-refractivity contribution is -0.0203. The highest BCUT2D eigenvalue weighted by Gasteiger charge is 2.31. The van der Waals surface area contributed by atoms with Gasteiger partial charge in [-0.05, 0) is 32.2 Å². The van der Waals surface area contributed by atoms with Gasteiger partial charge >= 0.3 is 0 Å². The third kappa shape index (κ3) is 5.21. The van der Waals surface area contributed by atoms with Gasteiger partial charge < -0.3 is 14.6 Å². The van der Waals surface area contributed by atoms with E-state index in [1.165, 1.54) is 0 Å². The average Bonchev–Trinajstić information content (AvgIpc) is 2.80. The number of nitrogens with zero attached hydrogens (tertiary/aromatic N) is 2. The van der Waals surface area contributed by atoms with Crippen molar-refractivity contribution in [3.63, 3.8) is 0 Å². The van der Waals surface area contributed by atoms with Crippen molar-refractivity contribution in [3.8, 4) is 0 Å². The number of ether oxygens (including phenoxy) is 1. The molecule has 1 aromatic heterocycles. The van der Waals surface area contributed by atoms with Gasteiger partial charge in [0.15, 0.2) is 0 Å². The summed E-state index contributed by atoms with van der Waals surface area (Å²) in [4.78, 5) is 4.50. The van der Waals surface area contributed by atoms with Gasteiger partial charge in [-0.1, -0.05) is 32.9 Å². The molecule has 1 rings (SSSR count). The zero-order valence-corrected chi connectivity index (χ0v) is 13.7. The molecule has 0 saturated carbocycles. The van der Waals surface area contributed by atoms with Gasteiger partial charge in [-0.3, -0.25) is 0 Å². The van der Waals surface area contributed by atoms with Crippen LogP contribution in [0.5, 0.6) is 0 Å². The van der Waals surface area contributed by atoms with E-state index < -0.39 is 0 Å². The second kappa shape index (κ2) is 7.74. The van der Waals surface area contributed by atoms with E-state index in [4.69, 9.17) is 9.26 Å². The van der Waals surface area contributed by atoms with Crippen molar-refractivity contribution in [2.45, 2.75) is 66.5 Å². The molecule has 1 N–H and O–H groups in total. The highest BCUT2D eigenvalue weighted by molar-refractivity contribution is 4.97. The van der Waals surface area contributed by atoms with Crippen LogP contribution in [0.15, 0.2) is 4.52 Å². The minimum absolute atomic E-state index is 0.0524. The van der Waals surface area contributed by atoms with E-state index in [0.717, 1.165) is 19.4 Å². The predicted molar refractivity (Wildman–Crippen MR) is 79.6 cm³/mol. The highest BCUT2D eigenvalue weighted by atomic mass is 16.5. The predicted octanol–water partition coefficient (Wildman–Crippen LogP) is 3.12. The van der Waals surface area contributed by atoms with Crippen LogP contribution in [0.3, 0.4) is 0 Å². The number of hydrogen-bond donors (Lipinski definition) is 1. The quantitative estimate of drug-likeness (QED) is 0.794. The SMILES string of the molecule is CCCNC(C)Cc1nc(C(OCC)C(C)(C)C)no1. The Morgan fingerprint density at radius 3 is 2.55 bits per heavy atom. The highest BCUT2D eigenvalue weighted by Crippen LogP contribution is 2.34. The fourth-order valence-electron chi connectivity index (χ4n) is 2.06. The number of nitrogens with one attached hydrogen (secondary N) is 1. The van der Waals surface area contributed by atoms with E-state index in [2.05, 4.69) is 50.1 Å². The average molecular weight is 283 g/mol. The van der Waals surface area contributed by atoms with Gasteiger partial charge in [-0.25, -0.2) is 0 Å². The lowest BCUT2D eigenvalue weighted by Gasteiger charge is -2.27. The first-order valence-corrected chi connectivity index (χ1v) is 7.55. The standard InChI is InChI=1S/C15H29N3O2/c1-7-9-16-11(3)10-12-17-14(18-20-12)13(19-8-2)15(4,5)6/h11,13,16H,7-10H2,1-6H3. The van der Waals surface area contributed by atoms with Crippen LogP contribution < -0.4 is 5.32 Å². The summed E-state index contributed by atoms with van der Waals surface area (Å²) in [5, 5.41) is 7.51. The normalized spacial score (nSPS) is 15.3. The molecule has 5 heteroatoms. The fourth-order valence-corrected chi connectivity index (χ4v) is 2.06. The van der Waals surface area contributed by atoms with E-state index in [-0.39, 0.29) is 11.5 Å². The molecule has 5 nitrogen and oxygen atoms in total. The molecule has 0 saturated heterocycles. The van der Waals surface area contributed by atoms with E-state index in [0.29, 0.717) is 24.4 Å². The lowest BCUT2D eigenvalue weighted by atomic mass is 9.88. The molecule has 0 aliphatic carbocycles. The third-order valence-corrected chi connectivity index (χ3v) is 3.06. The van der Waals surface area contributed by atoms with Crippen molar-refractivity contribution >= 4 is 0 Å². The molecule has 0 bridgehead atoms. The Bertz CT molecular complexity index is 385. The Morgan fingerprint density at radius 1 is 1.30 bits per heavy atom. The summed E-state index contributed by atoms with van der Waals surface area (Å²) in [5.41, 5.74) is -0.0524. The van der Waals surface area contributed by atoms with Gasteiger partial charge in [-0.2, -0.15) is 4.98 Å². The van der Waals surface area contributed by atoms with E-state index in [9.17, 15) is 0 Å². The molecule has 0 spiro atoms. The van der Waals surface area contributed by atoms with Crippen molar-refractivity contribution in [3.05, 3.63) is 11.7 Å². The van der Waals surface area contributed by atoms with Crippen molar-refractivity contribution in [2.75, 3.05) is 13.2 Å². The van der Waals surface area contributed by atoms with Gasteiger partial charge in [0.25, 0.3) is 0 Å². The third-order valence-electron chi connectivity index (χ3n) is 3.06. The van der Waals surface area contributed by atoms with Gasteiger partial charge in [-0.15, -0.1) is 0 Å². The molecule has 0 amide bonds. The second-order valence-electron chi connectivity index (χ2n) is 6.31. The molecule has 0 aromatic carbocycles. The second-order valence-corrected chi connectivity index (χ2v) is 6.31. The molecule has 0 radical (unpaired) electrons. The lowest BCUT2D eigenvalue weighted by Crippen LogP contribution is -2.28. The van der Waals surface area contributed by atoms with Crippen molar-refractivity contribution in [1.29, 1.82) is 0 Å². The summed E-state index contributed by atoms with van der Waals surface area (Å²) < 4.78 is 11.1. The summed E-state index contributed by atoms with van der Waals surface area (Å²) >= 11 is 0. The Hall–Kier alpha value is -0.940. The van der Waals surface area contributed by atoms with Crippen LogP contribution in [0.2, 0.25) is 0 Å². The molecule has 0 aliphatic heterocycles. The number of aromatic nitrogens is 2. The van der Waals surface area contributed by atoms with Crippen LogP contribution in [0, 0.1) is 5.41 Å². The van der Waals surface area contributed by atoms with Gasteiger partial charge in [0.2, 0.25) is 11.7 Å². The molecule has 20 heavy (non-hydrogen) atoms. The summed E-state index contributed by atoms with van der Waals surface area (Å²) in [6.07, 6.45) is 1.73. The Labute approximate surface area is 122 Å². The molecule has 2 atom stereocenters. The molecule has 1 heterocycles. The van der Waals surface area contributed by atoms with E-state index in [1.54, 1.807) is 0 Å². The molecule has 0 fully saturated rings. The largest absolute Gasteiger partial charge is 0.370 e. The van der Waals surface area contributed by atoms with Crippen molar-refractivity contribution < 1.29 is 9.26 Å². The topological polar surface area (TPSA) is 60.2 Å². The smallest absolute Gasteiger partial charge is 0.228 e. The van der Waals surface area contributed by atoms with Crippen LogP contribution in [-0.2, 0) is 11.2 Å². The first kappa shape index (κ1) is 17.1. The van der Waals surface area contributed by atoms with Crippen LogP contribution >= 0.6 is 0 Å². The van der Waals surface area contributed by atoms with E-state index >= 15 is 0 Å². The Morgan fingerprint density at radius 2 is 2.00 bits per heavy atom. The van der Waals surface area contributed by atoms with Crippen molar-refractivity contribution in [2.24, 2.45) is 5.41 Å². The summed E-state index contributed by atoms with van der Waals surface area (Å²) in [6, 6.07) is 0.337. The maximum absolute atomic E-state index is 5.78. The molecule has 1 aromatic rings. The molecule has 0 aliphatic rings. The first-order valence-electron chi connectivity index (χ1n) is 7.55. The van der Waals surface area contributed by atoms with Crippen molar-refractivity contribution in [1.82, 2.24) is 15.5 Å². The minimum Gasteiger partial charge on any atom is -0.370 e. The summed E-state index contributed by atoms with van der Waals surface area (Å²) in [5.74, 6) is 1.32. The zero-order chi connectivity index (χ0) is 15.2. The Kier molecular flexibility index (Phi) is 6.62.